The number of nitrogens with zero attached hydrogens (tertiary/aromatic N) is 3. The number of hydrogen-bond acceptors (Lipinski definition) is 5. The van der Waals surface area contributed by atoms with Crippen LogP contribution in [0.3, 0.4) is 0 Å². The molecule has 1 fully saturated rings. The molecule has 10 heteroatoms. The molecule has 2 heterocycles. The monoisotopic (exact) mass is 443 g/mol. The number of amides is 2. The van der Waals surface area contributed by atoms with E-state index in [1.165, 1.54) is 6.07 Å². The van der Waals surface area contributed by atoms with Gasteiger partial charge in [-0.05, 0) is 26.0 Å². The Labute approximate surface area is 178 Å². The number of rotatable bonds is 7. The summed E-state index contributed by atoms with van der Waals surface area (Å²) >= 11 is 0. The largest absolute Gasteiger partial charge is 0.482 e. The third-order valence-electron chi connectivity index (χ3n) is 5.50. The maximum atomic E-state index is 14.6. The summed E-state index contributed by atoms with van der Waals surface area (Å²) in [5.74, 6) is -0.753. The van der Waals surface area contributed by atoms with Crippen LogP contribution in [0.25, 0.3) is 0 Å². The van der Waals surface area contributed by atoms with Gasteiger partial charge >= 0.3 is 6.18 Å². The van der Waals surface area contributed by atoms with Crippen LogP contribution >= 0.6 is 0 Å². The van der Waals surface area contributed by atoms with E-state index in [0.717, 1.165) is 4.90 Å². The quantitative estimate of drug-likeness (QED) is 0.479. The van der Waals surface area contributed by atoms with Gasteiger partial charge in [-0.1, -0.05) is 12.1 Å². The zero-order chi connectivity index (χ0) is 22.8. The number of benzene rings is 1. The highest BCUT2D eigenvalue weighted by molar-refractivity contribution is 6.18. The fourth-order valence-corrected chi connectivity index (χ4v) is 3.69. The molecule has 0 bridgehead atoms. The minimum Gasteiger partial charge on any atom is -0.482 e. The summed E-state index contributed by atoms with van der Waals surface area (Å²) in [5.41, 5.74) is 1.25. The van der Waals surface area contributed by atoms with Crippen LogP contribution in [-0.4, -0.2) is 79.8 Å². The number of para-hydroxylation sites is 2. The van der Waals surface area contributed by atoms with E-state index in [-0.39, 0.29) is 18.8 Å². The standard InChI is InChI=1S/C21H25F4N3O3/c1-14-15(2)20(30)28(19(14)29)12-16(22)11-26-7-9-27(10-8-26)17-5-3-4-6-18(17)31-13-21(23,24)25/h3-6,16H,7-13H2,1-2H3. The Bertz CT molecular complexity index is 840. The van der Waals surface area contributed by atoms with Crippen molar-refractivity contribution in [1.29, 1.82) is 0 Å². The topological polar surface area (TPSA) is 53.1 Å². The molecule has 2 aliphatic heterocycles. The Morgan fingerprint density at radius 1 is 0.968 bits per heavy atom. The molecule has 0 radical (unpaired) electrons. The van der Waals surface area contributed by atoms with E-state index in [2.05, 4.69) is 0 Å². The van der Waals surface area contributed by atoms with Gasteiger partial charge in [-0.3, -0.25) is 19.4 Å². The first-order valence-corrected chi connectivity index (χ1v) is 10.0. The first kappa shape index (κ1) is 23.1. The maximum Gasteiger partial charge on any atom is 0.422 e. The van der Waals surface area contributed by atoms with Crippen LogP contribution in [0.2, 0.25) is 0 Å². The summed E-state index contributed by atoms with van der Waals surface area (Å²) in [6, 6.07) is 6.52. The van der Waals surface area contributed by atoms with E-state index in [1.54, 1.807) is 32.0 Å². The van der Waals surface area contributed by atoms with Crippen molar-refractivity contribution < 1.29 is 31.9 Å². The fourth-order valence-electron chi connectivity index (χ4n) is 3.69. The summed E-state index contributed by atoms with van der Waals surface area (Å²) in [6.45, 7) is 3.47. The lowest BCUT2D eigenvalue weighted by atomic mass is 10.2. The van der Waals surface area contributed by atoms with E-state index in [1.807, 2.05) is 9.80 Å². The Morgan fingerprint density at radius 2 is 1.55 bits per heavy atom. The molecule has 1 saturated heterocycles. The number of alkyl halides is 4. The molecule has 0 aliphatic carbocycles. The predicted octanol–water partition coefficient (Wildman–Crippen LogP) is 2.79. The Morgan fingerprint density at radius 3 is 2.13 bits per heavy atom. The lowest BCUT2D eigenvalue weighted by Gasteiger charge is -2.37. The molecular weight excluding hydrogens is 418 g/mol. The maximum absolute atomic E-state index is 14.6. The summed E-state index contributed by atoms with van der Waals surface area (Å²) < 4.78 is 57.0. The van der Waals surface area contributed by atoms with Crippen molar-refractivity contribution in [3.8, 4) is 5.75 Å². The van der Waals surface area contributed by atoms with E-state index in [0.29, 0.717) is 43.0 Å². The highest BCUT2D eigenvalue weighted by Crippen LogP contribution is 2.30. The normalized spacial score (nSPS) is 19.4. The molecular formula is C21H25F4N3O3. The molecule has 2 aliphatic rings. The van der Waals surface area contributed by atoms with Gasteiger partial charge in [-0.25, -0.2) is 4.39 Å². The average molecular weight is 443 g/mol. The lowest BCUT2D eigenvalue weighted by Crippen LogP contribution is -2.50. The summed E-state index contributed by atoms with van der Waals surface area (Å²) in [6.07, 6.45) is -5.81. The SMILES string of the molecule is CC1=C(C)C(=O)N(CC(F)CN2CCN(c3ccccc3OCC(F)(F)F)CC2)C1=O. The minimum absolute atomic E-state index is 0.0647. The van der Waals surface area contributed by atoms with Gasteiger partial charge in [-0.2, -0.15) is 13.2 Å². The summed E-state index contributed by atoms with van der Waals surface area (Å²) in [5, 5.41) is 0. The minimum atomic E-state index is -4.42. The van der Waals surface area contributed by atoms with Crippen molar-refractivity contribution in [2.45, 2.75) is 26.2 Å². The van der Waals surface area contributed by atoms with Gasteiger partial charge in [-0.15, -0.1) is 0 Å². The second kappa shape index (κ2) is 9.25. The fraction of sp³-hybridized carbons (Fsp3) is 0.524. The summed E-state index contributed by atoms with van der Waals surface area (Å²) in [7, 11) is 0. The van der Waals surface area contributed by atoms with Gasteiger partial charge in [0.15, 0.2) is 6.61 Å². The number of ether oxygens (including phenoxy) is 1. The Kier molecular flexibility index (Phi) is 6.88. The number of carbonyl (C=O) groups excluding carboxylic acids is 2. The molecule has 2 amide bonds. The highest BCUT2D eigenvalue weighted by atomic mass is 19.4. The third kappa shape index (κ3) is 5.55. The van der Waals surface area contributed by atoms with E-state index in [9.17, 15) is 27.2 Å². The van der Waals surface area contributed by atoms with Crippen LogP contribution in [-0.2, 0) is 9.59 Å². The number of hydrogen-bond donors (Lipinski definition) is 0. The molecule has 1 unspecified atom stereocenters. The smallest absolute Gasteiger partial charge is 0.422 e. The molecule has 1 atom stereocenters. The number of halogens is 4. The first-order chi connectivity index (χ1) is 14.6. The molecule has 0 spiro atoms. The molecule has 0 N–H and O–H groups in total. The van der Waals surface area contributed by atoms with Crippen LogP contribution in [0.5, 0.6) is 5.75 Å². The van der Waals surface area contributed by atoms with Crippen LogP contribution < -0.4 is 9.64 Å². The highest BCUT2D eigenvalue weighted by Gasteiger charge is 2.35. The number of piperazine rings is 1. The van der Waals surface area contributed by atoms with Crippen molar-refractivity contribution >= 4 is 17.5 Å². The molecule has 3 rings (SSSR count). The van der Waals surface area contributed by atoms with E-state index >= 15 is 0 Å². The number of imide groups is 1. The lowest BCUT2D eigenvalue weighted by molar-refractivity contribution is -0.153. The van der Waals surface area contributed by atoms with Crippen LogP contribution in [0.1, 0.15) is 13.8 Å². The summed E-state index contributed by atoms with van der Waals surface area (Å²) in [4.78, 5) is 28.9. The molecule has 1 aromatic carbocycles. The van der Waals surface area contributed by atoms with E-state index < -0.39 is 30.8 Å². The van der Waals surface area contributed by atoms with Crippen molar-refractivity contribution in [2.24, 2.45) is 0 Å². The Balaban J connectivity index is 1.51. The molecule has 0 saturated carbocycles. The van der Waals surface area contributed by atoms with Crippen LogP contribution in [0, 0.1) is 0 Å². The molecule has 0 aromatic heterocycles. The van der Waals surface area contributed by atoms with Gasteiger partial charge in [0.05, 0.1) is 12.2 Å². The van der Waals surface area contributed by atoms with Crippen molar-refractivity contribution in [2.75, 3.05) is 50.8 Å². The molecule has 170 valence electrons. The van der Waals surface area contributed by atoms with Crippen LogP contribution in [0.4, 0.5) is 23.2 Å². The predicted molar refractivity (Wildman–Crippen MR) is 107 cm³/mol. The van der Waals surface area contributed by atoms with E-state index in [4.69, 9.17) is 4.74 Å². The van der Waals surface area contributed by atoms with Crippen molar-refractivity contribution in [1.82, 2.24) is 9.80 Å². The Hall–Kier alpha value is -2.62. The second-order valence-corrected chi connectivity index (χ2v) is 7.73. The van der Waals surface area contributed by atoms with Crippen molar-refractivity contribution in [3.63, 3.8) is 0 Å². The molecule has 1 aromatic rings. The van der Waals surface area contributed by atoms with Crippen molar-refractivity contribution in [3.05, 3.63) is 35.4 Å². The van der Waals surface area contributed by atoms with Gasteiger partial charge in [0.1, 0.15) is 11.9 Å². The average Bonchev–Trinajstić information content (AvgIpc) is 2.90. The zero-order valence-corrected chi connectivity index (χ0v) is 17.4. The van der Waals surface area contributed by atoms with Gasteiger partial charge < -0.3 is 9.64 Å². The van der Waals surface area contributed by atoms with Gasteiger partial charge in [0.25, 0.3) is 11.8 Å². The van der Waals surface area contributed by atoms with Crippen LogP contribution in [0.15, 0.2) is 35.4 Å². The van der Waals surface area contributed by atoms with Gasteiger partial charge in [0.2, 0.25) is 0 Å². The number of carbonyl (C=O) groups is 2. The zero-order valence-electron chi connectivity index (χ0n) is 17.4. The number of anilines is 1. The first-order valence-electron chi connectivity index (χ1n) is 10.0. The second-order valence-electron chi connectivity index (χ2n) is 7.73. The third-order valence-corrected chi connectivity index (χ3v) is 5.50. The van der Waals surface area contributed by atoms with Gasteiger partial charge in [0, 0.05) is 43.9 Å². The molecule has 6 nitrogen and oxygen atoms in total. The molecule has 31 heavy (non-hydrogen) atoms.